The van der Waals surface area contributed by atoms with E-state index in [2.05, 4.69) is 0 Å². The second kappa shape index (κ2) is 3.43. The fourth-order valence-electron chi connectivity index (χ4n) is 0.756. The normalized spacial score (nSPS) is 9.73. The third-order valence-corrected chi connectivity index (χ3v) is 1.27. The van der Waals surface area contributed by atoms with Crippen LogP contribution in [0.25, 0.3) is 6.08 Å². The summed E-state index contributed by atoms with van der Waals surface area (Å²) in [5.74, 6) is 0.194. The Morgan fingerprint density at radius 1 is 1.36 bits per heavy atom. The van der Waals surface area contributed by atoms with Gasteiger partial charge in [-0.1, -0.05) is 18.2 Å². The summed E-state index contributed by atoms with van der Waals surface area (Å²) < 4.78 is 0. The number of aromatic hydroxyl groups is 1. The minimum atomic E-state index is 0.194. The molecule has 0 aliphatic rings. The van der Waals surface area contributed by atoms with E-state index in [0.29, 0.717) is 5.56 Å². The molecule has 0 bridgehead atoms. The summed E-state index contributed by atoms with van der Waals surface area (Å²) in [4.78, 5) is 0. The smallest absolute Gasteiger partial charge is 0.122 e. The highest BCUT2D eigenvalue weighted by atomic mass is 16.3. The molecule has 0 atom stereocenters. The molecule has 2 heteroatoms. The van der Waals surface area contributed by atoms with Crippen molar-refractivity contribution in [1.29, 1.82) is 5.26 Å². The van der Waals surface area contributed by atoms with E-state index in [1.54, 1.807) is 30.3 Å². The lowest BCUT2D eigenvalue weighted by atomic mass is 10.2. The Kier molecular flexibility index (Phi) is 2.29. The quantitative estimate of drug-likeness (QED) is 0.613. The van der Waals surface area contributed by atoms with Crippen molar-refractivity contribution in [3.8, 4) is 11.8 Å². The second-order valence-corrected chi connectivity index (χ2v) is 2.02. The van der Waals surface area contributed by atoms with E-state index >= 15 is 0 Å². The topological polar surface area (TPSA) is 44.0 Å². The first-order valence-corrected chi connectivity index (χ1v) is 3.19. The molecule has 1 N–H and O–H groups in total. The van der Waals surface area contributed by atoms with Crippen LogP contribution < -0.4 is 0 Å². The minimum Gasteiger partial charge on any atom is -0.507 e. The molecule has 0 saturated carbocycles. The maximum absolute atomic E-state index is 9.18. The van der Waals surface area contributed by atoms with Crippen molar-refractivity contribution in [3.05, 3.63) is 35.9 Å². The SMILES string of the molecule is N#CC=Cc1ccccc1O. The van der Waals surface area contributed by atoms with Gasteiger partial charge in [0.15, 0.2) is 0 Å². The van der Waals surface area contributed by atoms with E-state index in [9.17, 15) is 5.11 Å². The number of nitriles is 1. The van der Waals surface area contributed by atoms with Crippen molar-refractivity contribution in [3.63, 3.8) is 0 Å². The zero-order valence-corrected chi connectivity index (χ0v) is 5.86. The van der Waals surface area contributed by atoms with Gasteiger partial charge in [0.2, 0.25) is 0 Å². The van der Waals surface area contributed by atoms with Crippen LogP contribution in [-0.4, -0.2) is 5.11 Å². The summed E-state index contributed by atoms with van der Waals surface area (Å²) in [5.41, 5.74) is 0.661. The van der Waals surface area contributed by atoms with Crippen LogP contribution in [0, 0.1) is 11.3 Å². The Balaban J connectivity index is 2.97. The van der Waals surface area contributed by atoms with Crippen molar-refractivity contribution in [2.24, 2.45) is 0 Å². The summed E-state index contributed by atoms with van der Waals surface area (Å²) in [6, 6.07) is 8.71. The number of hydrogen-bond donors (Lipinski definition) is 1. The predicted octanol–water partition coefficient (Wildman–Crippen LogP) is 1.93. The molecule has 0 fully saturated rings. The molecule has 0 amide bonds. The Morgan fingerprint density at radius 2 is 2.09 bits per heavy atom. The number of nitrogens with zero attached hydrogens (tertiary/aromatic N) is 1. The van der Waals surface area contributed by atoms with Crippen LogP contribution in [-0.2, 0) is 0 Å². The van der Waals surface area contributed by atoms with Gasteiger partial charge in [-0.15, -0.1) is 0 Å². The van der Waals surface area contributed by atoms with Gasteiger partial charge in [-0.2, -0.15) is 5.26 Å². The van der Waals surface area contributed by atoms with Crippen LogP contribution in [0.4, 0.5) is 0 Å². The molecular formula is C9H7NO. The van der Waals surface area contributed by atoms with Gasteiger partial charge in [0, 0.05) is 11.6 Å². The van der Waals surface area contributed by atoms with Crippen molar-refractivity contribution in [2.75, 3.05) is 0 Å². The van der Waals surface area contributed by atoms with Crippen LogP contribution >= 0.6 is 0 Å². The van der Waals surface area contributed by atoms with E-state index in [4.69, 9.17) is 5.26 Å². The van der Waals surface area contributed by atoms with Crippen LogP contribution in [0.1, 0.15) is 5.56 Å². The average Bonchev–Trinajstić information content (AvgIpc) is 2.03. The third-order valence-electron chi connectivity index (χ3n) is 1.27. The van der Waals surface area contributed by atoms with Gasteiger partial charge in [0.25, 0.3) is 0 Å². The van der Waals surface area contributed by atoms with E-state index in [0.717, 1.165) is 0 Å². The lowest BCUT2D eigenvalue weighted by molar-refractivity contribution is 0.474. The lowest BCUT2D eigenvalue weighted by Crippen LogP contribution is -1.71. The van der Waals surface area contributed by atoms with E-state index in [1.807, 2.05) is 6.07 Å². The summed E-state index contributed by atoms with van der Waals surface area (Å²) in [5, 5.41) is 17.4. The number of allylic oxidation sites excluding steroid dienone is 1. The van der Waals surface area contributed by atoms with Crippen LogP contribution in [0.3, 0.4) is 0 Å². The van der Waals surface area contributed by atoms with Gasteiger partial charge in [-0.05, 0) is 12.1 Å². The van der Waals surface area contributed by atoms with Gasteiger partial charge >= 0.3 is 0 Å². The first-order chi connectivity index (χ1) is 5.34. The Labute approximate surface area is 65.0 Å². The summed E-state index contributed by atoms with van der Waals surface area (Å²) >= 11 is 0. The number of phenols is 1. The molecule has 1 rings (SSSR count). The number of hydrogen-bond acceptors (Lipinski definition) is 2. The fourth-order valence-corrected chi connectivity index (χ4v) is 0.756. The highest BCUT2D eigenvalue weighted by molar-refractivity contribution is 5.58. The van der Waals surface area contributed by atoms with E-state index in [1.165, 1.54) is 6.08 Å². The van der Waals surface area contributed by atoms with Crippen molar-refractivity contribution < 1.29 is 5.11 Å². The van der Waals surface area contributed by atoms with Crippen LogP contribution in [0.5, 0.6) is 5.75 Å². The number of benzene rings is 1. The number of para-hydroxylation sites is 1. The highest BCUT2D eigenvalue weighted by Crippen LogP contribution is 2.16. The first kappa shape index (κ1) is 7.36. The van der Waals surface area contributed by atoms with Gasteiger partial charge in [0.05, 0.1) is 6.07 Å². The molecule has 0 saturated heterocycles. The van der Waals surface area contributed by atoms with Crippen molar-refractivity contribution in [1.82, 2.24) is 0 Å². The molecule has 2 nitrogen and oxygen atoms in total. The van der Waals surface area contributed by atoms with Crippen molar-refractivity contribution in [2.45, 2.75) is 0 Å². The predicted molar refractivity (Wildman–Crippen MR) is 42.8 cm³/mol. The molecular weight excluding hydrogens is 138 g/mol. The van der Waals surface area contributed by atoms with Crippen LogP contribution in [0.2, 0.25) is 0 Å². The highest BCUT2D eigenvalue weighted by Gasteiger charge is 1.91. The molecule has 1 aromatic carbocycles. The maximum Gasteiger partial charge on any atom is 0.122 e. The molecule has 0 aliphatic carbocycles. The molecule has 1 aromatic rings. The Bertz CT molecular complexity index is 310. The van der Waals surface area contributed by atoms with Crippen LogP contribution in [0.15, 0.2) is 30.3 Å². The zero-order valence-electron chi connectivity index (χ0n) is 5.86. The largest absolute Gasteiger partial charge is 0.507 e. The molecule has 54 valence electrons. The summed E-state index contributed by atoms with van der Waals surface area (Å²) in [6.45, 7) is 0. The number of phenolic OH excluding ortho intramolecular Hbond substituents is 1. The zero-order chi connectivity index (χ0) is 8.10. The standard InChI is InChI=1S/C9H7NO/c10-7-3-5-8-4-1-2-6-9(8)11/h1-6,11H. The molecule has 0 unspecified atom stereocenters. The Morgan fingerprint density at radius 3 is 2.73 bits per heavy atom. The third kappa shape index (κ3) is 1.84. The molecule has 0 radical (unpaired) electrons. The maximum atomic E-state index is 9.18. The van der Waals surface area contributed by atoms with Gasteiger partial charge in [0.1, 0.15) is 5.75 Å². The fraction of sp³-hybridized carbons (Fsp3) is 0. The molecule has 0 aromatic heterocycles. The molecule has 0 heterocycles. The van der Waals surface area contributed by atoms with E-state index < -0.39 is 0 Å². The second-order valence-electron chi connectivity index (χ2n) is 2.02. The molecule has 0 spiro atoms. The lowest BCUT2D eigenvalue weighted by Gasteiger charge is -1.94. The van der Waals surface area contributed by atoms with Gasteiger partial charge < -0.3 is 5.11 Å². The molecule has 0 aliphatic heterocycles. The van der Waals surface area contributed by atoms with Gasteiger partial charge in [-0.25, -0.2) is 0 Å². The summed E-state index contributed by atoms with van der Waals surface area (Å²) in [7, 11) is 0. The Hall–Kier alpha value is -1.75. The van der Waals surface area contributed by atoms with Crippen molar-refractivity contribution >= 4 is 6.08 Å². The van der Waals surface area contributed by atoms with E-state index in [-0.39, 0.29) is 5.75 Å². The summed E-state index contributed by atoms with van der Waals surface area (Å²) in [6.07, 6.45) is 2.89. The average molecular weight is 145 g/mol. The monoisotopic (exact) mass is 145 g/mol. The first-order valence-electron chi connectivity index (χ1n) is 3.19. The molecule has 11 heavy (non-hydrogen) atoms. The number of rotatable bonds is 1. The van der Waals surface area contributed by atoms with Gasteiger partial charge in [-0.3, -0.25) is 0 Å². The minimum absolute atomic E-state index is 0.194.